The second-order valence-corrected chi connectivity index (χ2v) is 1.06. The lowest BCUT2D eigenvalue weighted by Gasteiger charge is -1.93. The number of carbonyl (C=O) groups excluding carboxylic acids is 1. The largest absolute Gasteiger partial charge is 0.286 e. The highest BCUT2D eigenvalue weighted by Crippen LogP contribution is 1.43. The molecule has 0 aliphatic carbocycles. The van der Waals surface area contributed by atoms with Crippen molar-refractivity contribution in [2.45, 2.75) is 0 Å². The fourth-order valence-corrected chi connectivity index (χ4v) is 0. The molecule has 0 fully saturated rings. The van der Waals surface area contributed by atoms with Crippen LogP contribution in [0.5, 0.6) is 0 Å². The number of hydrogen-bond donors (Lipinski definition) is 3. The maximum atomic E-state index is 9.31. The molecule has 5 nitrogen and oxygen atoms in total. The monoisotopic (exact) mass is 120 g/mol. The van der Waals surface area contributed by atoms with Gasteiger partial charge in [-0.1, -0.05) is 0 Å². The van der Waals surface area contributed by atoms with E-state index in [1.165, 1.54) is 7.05 Å². The van der Waals surface area contributed by atoms with Gasteiger partial charge in [0, 0.05) is 7.05 Å². The summed E-state index contributed by atoms with van der Waals surface area (Å²) in [5, 5.41) is 0.944. The van der Waals surface area contributed by atoms with Gasteiger partial charge in [-0.3, -0.25) is 21.1 Å². The van der Waals surface area contributed by atoms with Crippen LogP contribution in [0.15, 0.2) is 0 Å². The SMILES string of the molecule is CN(N)C=O.CNN. The van der Waals surface area contributed by atoms with Gasteiger partial charge in [0.05, 0.1) is 0 Å². The Labute approximate surface area is 48.6 Å². The van der Waals surface area contributed by atoms with Crippen LogP contribution < -0.4 is 17.1 Å². The molecule has 0 bridgehead atoms. The van der Waals surface area contributed by atoms with Crippen molar-refractivity contribution in [3.05, 3.63) is 0 Å². The molecule has 0 aromatic heterocycles. The molecule has 50 valence electrons. The zero-order chi connectivity index (χ0) is 6.99. The highest BCUT2D eigenvalue weighted by Gasteiger charge is 1.68. The molecular weight excluding hydrogens is 108 g/mol. The van der Waals surface area contributed by atoms with Crippen LogP contribution in [0.1, 0.15) is 0 Å². The van der Waals surface area contributed by atoms with E-state index in [9.17, 15) is 4.79 Å². The molecule has 8 heavy (non-hydrogen) atoms. The second-order valence-electron chi connectivity index (χ2n) is 1.06. The summed E-state index contributed by atoms with van der Waals surface area (Å²) in [6.45, 7) is 0. The molecule has 0 unspecified atom stereocenters. The predicted octanol–water partition coefficient (Wildman–Crippen LogP) is -1.97. The lowest BCUT2D eigenvalue weighted by Crippen LogP contribution is -2.23. The zero-order valence-corrected chi connectivity index (χ0v) is 5.09. The number of amides is 1. The Balaban J connectivity index is 0. The minimum atomic E-state index is 0.528. The van der Waals surface area contributed by atoms with Crippen LogP contribution in [-0.2, 0) is 4.79 Å². The van der Waals surface area contributed by atoms with E-state index in [2.05, 4.69) is 11.3 Å². The quantitative estimate of drug-likeness (QED) is 0.162. The van der Waals surface area contributed by atoms with Crippen LogP contribution in [0.3, 0.4) is 0 Å². The van der Waals surface area contributed by atoms with Crippen LogP contribution in [0.25, 0.3) is 0 Å². The molecule has 0 rings (SSSR count). The molecule has 5 heteroatoms. The fraction of sp³-hybridized carbons (Fsp3) is 0.667. The van der Waals surface area contributed by atoms with E-state index in [-0.39, 0.29) is 0 Å². The van der Waals surface area contributed by atoms with Gasteiger partial charge in [0.2, 0.25) is 6.41 Å². The average Bonchev–Trinajstić information content (AvgIpc) is 1.69. The first-order valence-electron chi connectivity index (χ1n) is 1.99. The maximum Gasteiger partial charge on any atom is 0.223 e. The minimum absolute atomic E-state index is 0.528. The lowest BCUT2D eigenvalue weighted by atomic mass is 11.2. The number of nitrogens with zero attached hydrogens (tertiary/aromatic N) is 1. The predicted molar refractivity (Wildman–Crippen MR) is 31.3 cm³/mol. The third-order valence-corrected chi connectivity index (χ3v) is 0.166. The molecule has 0 aliphatic rings. The summed E-state index contributed by atoms with van der Waals surface area (Å²) in [5.41, 5.74) is 2.25. The van der Waals surface area contributed by atoms with Crippen LogP contribution in [0.4, 0.5) is 0 Å². The Hall–Kier alpha value is -0.650. The number of nitrogens with two attached hydrogens (primary N) is 2. The molecule has 0 aliphatic heterocycles. The van der Waals surface area contributed by atoms with E-state index in [0.717, 1.165) is 5.01 Å². The molecule has 0 saturated heterocycles. The Bertz CT molecular complexity index is 46.5. The number of rotatable bonds is 1. The summed E-state index contributed by atoms with van der Waals surface area (Å²) in [6.07, 6.45) is 0.528. The first-order valence-corrected chi connectivity index (χ1v) is 1.99. The zero-order valence-electron chi connectivity index (χ0n) is 5.09. The van der Waals surface area contributed by atoms with Crippen molar-refractivity contribution in [1.29, 1.82) is 0 Å². The Kier molecular flexibility index (Phi) is 12.4. The van der Waals surface area contributed by atoms with Crippen molar-refractivity contribution in [2.75, 3.05) is 14.1 Å². The van der Waals surface area contributed by atoms with Gasteiger partial charge < -0.3 is 0 Å². The number of nitrogens with one attached hydrogen (secondary N) is 1. The van der Waals surface area contributed by atoms with E-state index >= 15 is 0 Å². The highest BCUT2D eigenvalue weighted by atomic mass is 16.1. The molecule has 0 aromatic rings. The highest BCUT2D eigenvalue weighted by molar-refractivity contribution is 5.44. The fourth-order valence-electron chi connectivity index (χ4n) is 0. The van der Waals surface area contributed by atoms with Crippen LogP contribution >= 0.6 is 0 Å². The Morgan fingerprint density at radius 3 is 1.88 bits per heavy atom. The summed E-state index contributed by atoms with van der Waals surface area (Å²) in [5.74, 6) is 9.35. The summed E-state index contributed by atoms with van der Waals surface area (Å²) in [4.78, 5) is 9.31. The molecule has 5 N–H and O–H groups in total. The smallest absolute Gasteiger partial charge is 0.223 e. The molecule has 0 spiro atoms. The number of hydrogen-bond acceptors (Lipinski definition) is 4. The first kappa shape index (κ1) is 10.4. The normalized spacial score (nSPS) is 6.50. The molecule has 0 atom stereocenters. The lowest BCUT2D eigenvalue weighted by molar-refractivity contribution is -0.117. The van der Waals surface area contributed by atoms with Gasteiger partial charge in [-0.2, -0.15) is 0 Å². The van der Waals surface area contributed by atoms with Gasteiger partial charge in [0.1, 0.15) is 0 Å². The van der Waals surface area contributed by atoms with Gasteiger partial charge in [-0.15, -0.1) is 0 Å². The van der Waals surface area contributed by atoms with Crippen molar-refractivity contribution >= 4 is 6.41 Å². The third-order valence-electron chi connectivity index (χ3n) is 0.166. The van der Waals surface area contributed by atoms with Crippen molar-refractivity contribution in [3.63, 3.8) is 0 Å². The van der Waals surface area contributed by atoms with Gasteiger partial charge in [-0.25, -0.2) is 5.84 Å². The summed E-state index contributed by atoms with van der Waals surface area (Å²) in [6, 6.07) is 0. The summed E-state index contributed by atoms with van der Waals surface area (Å²) >= 11 is 0. The van der Waals surface area contributed by atoms with E-state index in [1.807, 2.05) is 0 Å². The topological polar surface area (TPSA) is 84.4 Å². The Morgan fingerprint density at radius 2 is 1.88 bits per heavy atom. The van der Waals surface area contributed by atoms with E-state index < -0.39 is 0 Å². The second kappa shape index (κ2) is 9.61. The summed E-state index contributed by atoms with van der Waals surface area (Å²) in [7, 11) is 3.12. The summed E-state index contributed by atoms with van der Waals surface area (Å²) < 4.78 is 0. The number of carbonyl (C=O) groups is 1. The molecule has 0 heterocycles. The third kappa shape index (κ3) is 55.5. The average molecular weight is 120 g/mol. The minimum Gasteiger partial charge on any atom is -0.286 e. The van der Waals surface area contributed by atoms with Crippen LogP contribution in [-0.4, -0.2) is 25.5 Å². The van der Waals surface area contributed by atoms with Crippen LogP contribution in [0.2, 0.25) is 0 Å². The molecule has 0 saturated carbocycles. The van der Waals surface area contributed by atoms with Crippen molar-refractivity contribution in [2.24, 2.45) is 11.7 Å². The molecule has 0 aromatic carbocycles. The number of hydrazine groups is 2. The van der Waals surface area contributed by atoms with Gasteiger partial charge >= 0.3 is 0 Å². The van der Waals surface area contributed by atoms with Gasteiger partial charge in [0.25, 0.3) is 0 Å². The van der Waals surface area contributed by atoms with Crippen molar-refractivity contribution in [3.8, 4) is 0 Å². The van der Waals surface area contributed by atoms with Gasteiger partial charge in [0.15, 0.2) is 0 Å². The first-order chi connectivity index (χ1) is 3.68. The van der Waals surface area contributed by atoms with Crippen molar-refractivity contribution in [1.82, 2.24) is 10.4 Å². The van der Waals surface area contributed by atoms with Crippen LogP contribution in [0, 0.1) is 0 Å². The molecule has 1 amide bonds. The van der Waals surface area contributed by atoms with Crippen molar-refractivity contribution < 1.29 is 4.79 Å². The molecular formula is C3H12N4O. The van der Waals surface area contributed by atoms with E-state index in [4.69, 9.17) is 5.84 Å². The standard InChI is InChI=1S/C2H6N2O.CH6N2/c1-4(3)2-5;1-3-2/h2H,3H2,1H3;3H,2H2,1H3. The van der Waals surface area contributed by atoms with E-state index in [1.54, 1.807) is 7.05 Å². The molecule has 0 radical (unpaired) electrons. The van der Waals surface area contributed by atoms with Gasteiger partial charge in [-0.05, 0) is 7.05 Å². The maximum absolute atomic E-state index is 9.31. The Morgan fingerprint density at radius 1 is 1.75 bits per heavy atom. The van der Waals surface area contributed by atoms with E-state index in [0.29, 0.717) is 6.41 Å².